The monoisotopic (exact) mass is 134 g/mol. The van der Waals surface area contributed by atoms with Crippen molar-refractivity contribution in [2.75, 3.05) is 0 Å². The lowest BCUT2D eigenvalue weighted by Crippen LogP contribution is -2.20. The number of fused-ring (bicyclic) bond motifs is 4. The molecule has 0 nitrogen and oxygen atoms in total. The maximum Gasteiger partial charge on any atom is -0.0189 e. The molecule has 0 N–H and O–H groups in total. The zero-order valence-corrected chi connectivity index (χ0v) is 6.56. The second-order valence-electron chi connectivity index (χ2n) is 4.29. The highest BCUT2D eigenvalue weighted by atomic mass is 14.5. The topological polar surface area (TPSA) is 0 Å². The second-order valence-corrected chi connectivity index (χ2v) is 4.29. The molecule has 1 fully saturated rings. The Kier molecular flexibility index (Phi) is 0.805. The van der Waals surface area contributed by atoms with Crippen LogP contribution in [0.5, 0.6) is 0 Å². The molecular formula is C10H14. The largest absolute Gasteiger partial charge is 0.0667 e. The Bertz CT molecular complexity index is 212. The lowest BCUT2D eigenvalue weighted by molar-refractivity contribution is 0.459. The summed E-state index contributed by atoms with van der Waals surface area (Å²) < 4.78 is 0. The summed E-state index contributed by atoms with van der Waals surface area (Å²) in [5.41, 5.74) is 3.79. The van der Waals surface area contributed by atoms with Crippen LogP contribution < -0.4 is 0 Å². The van der Waals surface area contributed by atoms with Gasteiger partial charge in [-0.2, -0.15) is 0 Å². The van der Waals surface area contributed by atoms with Crippen molar-refractivity contribution in [3.05, 3.63) is 11.1 Å². The lowest BCUT2D eigenvalue weighted by Gasteiger charge is -2.34. The second kappa shape index (κ2) is 1.49. The van der Waals surface area contributed by atoms with Gasteiger partial charge in [0.15, 0.2) is 0 Å². The molecule has 0 heteroatoms. The highest BCUT2D eigenvalue weighted by Gasteiger charge is 2.45. The minimum atomic E-state index is 0.977. The van der Waals surface area contributed by atoms with Crippen LogP contribution in [0.3, 0.4) is 0 Å². The van der Waals surface area contributed by atoms with Gasteiger partial charge >= 0.3 is 0 Å². The minimum absolute atomic E-state index is 0.977. The molecule has 10 heavy (non-hydrogen) atoms. The molecule has 0 amide bonds. The van der Waals surface area contributed by atoms with Gasteiger partial charge in [0, 0.05) is 0 Å². The van der Waals surface area contributed by atoms with Crippen LogP contribution in [0.2, 0.25) is 0 Å². The van der Waals surface area contributed by atoms with E-state index in [1.165, 1.54) is 25.7 Å². The standard InChI is InChI=1S/C10H14/c1-6-4-9-7-2-3-8(5-7)10(6)9/h6-8H,2-5H2,1H3. The molecule has 3 aliphatic rings. The molecule has 0 saturated heterocycles. The third kappa shape index (κ3) is 0.426. The smallest absolute Gasteiger partial charge is 0.0189 e. The van der Waals surface area contributed by atoms with E-state index in [2.05, 4.69) is 6.92 Å². The highest BCUT2D eigenvalue weighted by Crippen LogP contribution is 2.58. The quantitative estimate of drug-likeness (QED) is 0.447. The molecule has 3 aliphatic carbocycles. The normalized spacial score (nSPS) is 49.5. The van der Waals surface area contributed by atoms with Gasteiger partial charge in [-0.1, -0.05) is 18.1 Å². The van der Waals surface area contributed by atoms with Crippen LogP contribution >= 0.6 is 0 Å². The Morgan fingerprint density at radius 3 is 2.60 bits per heavy atom. The van der Waals surface area contributed by atoms with Crippen molar-refractivity contribution >= 4 is 0 Å². The first-order chi connectivity index (χ1) is 4.86. The van der Waals surface area contributed by atoms with Crippen molar-refractivity contribution in [3.63, 3.8) is 0 Å². The van der Waals surface area contributed by atoms with Crippen molar-refractivity contribution in [2.45, 2.75) is 32.6 Å². The molecule has 0 aromatic rings. The van der Waals surface area contributed by atoms with E-state index in [1.54, 1.807) is 0 Å². The predicted octanol–water partition coefficient (Wildman–Crippen LogP) is 2.75. The van der Waals surface area contributed by atoms with E-state index in [-0.39, 0.29) is 0 Å². The first-order valence-electron chi connectivity index (χ1n) is 4.59. The molecule has 0 aromatic carbocycles. The van der Waals surface area contributed by atoms with E-state index >= 15 is 0 Å². The predicted molar refractivity (Wildman–Crippen MR) is 41.6 cm³/mol. The summed E-state index contributed by atoms with van der Waals surface area (Å²) in [5, 5.41) is 0. The fraction of sp³-hybridized carbons (Fsp3) is 0.800. The zero-order chi connectivity index (χ0) is 6.72. The molecule has 0 aromatic heterocycles. The van der Waals surface area contributed by atoms with Crippen LogP contribution in [0, 0.1) is 17.8 Å². The molecule has 0 radical (unpaired) electrons. The molecular weight excluding hydrogens is 120 g/mol. The van der Waals surface area contributed by atoms with Crippen LogP contribution in [0.15, 0.2) is 11.1 Å². The number of rotatable bonds is 0. The van der Waals surface area contributed by atoms with Gasteiger partial charge in [-0.3, -0.25) is 0 Å². The average Bonchev–Trinajstić information content (AvgIpc) is 2.40. The van der Waals surface area contributed by atoms with Crippen LogP contribution in [-0.4, -0.2) is 0 Å². The average molecular weight is 134 g/mol. The molecule has 2 bridgehead atoms. The first-order valence-corrected chi connectivity index (χ1v) is 4.59. The molecule has 3 atom stereocenters. The van der Waals surface area contributed by atoms with Gasteiger partial charge in [0.05, 0.1) is 0 Å². The summed E-state index contributed by atoms with van der Waals surface area (Å²) in [6.45, 7) is 2.40. The Morgan fingerprint density at radius 2 is 2.00 bits per heavy atom. The van der Waals surface area contributed by atoms with E-state index in [0.29, 0.717) is 0 Å². The number of allylic oxidation sites excluding steroid dienone is 2. The minimum Gasteiger partial charge on any atom is -0.0667 e. The molecule has 1 saturated carbocycles. The maximum atomic E-state index is 2.40. The Labute approximate surface area is 62.3 Å². The van der Waals surface area contributed by atoms with Gasteiger partial charge in [0.2, 0.25) is 0 Å². The first kappa shape index (κ1) is 5.40. The van der Waals surface area contributed by atoms with Crippen molar-refractivity contribution in [1.29, 1.82) is 0 Å². The molecule has 54 valence electrons. The molecule has 0 aliphatic heterocycles. The molecule has 3 unspecified atom stereocenters. The van der Waals surface area contributed by atoms with Gasteiger partial charge in [-0.15, -0.1) is 0 Å². The highest BCUT2D eigenvalue weighted by molar-refractivity contribution is 5.38. The van der Waals surface area contributed by atoms with Gasteiger partial charge in [-0.05, 0) is 43.4 Å². The summed E-state index contributed by atoms with van der Waals surface area (Å²) in [6, 6.07) is 0. The van der Waals surface area contributed by atoms with Crippen LogP contribution in [0.1, 0.15) is 32.6 Å². The van der Waals surface area contributed by atoms with Crippen molar-refractivity contribution in [1.82, 2.24) is 0 Å². The van der Waals surface area contributed by atoms with Gasteiger partial charge < -0.3 is 0 Å². The van der Waals surface area contributed by atoms with E-state index in [1.807, 2.05) is 11.1 Å². The fourth-order valence-corrected chi connectivity index (χ4v) is 3.39. The van der Waals surface area contributed by atoms with Crippen LogP contribution in [0.25, 0.3) is 0 Å². The molecule has 3 rings (SSSR count). The molecule has 0 spiro atoms. The molecule has 0 heterocycles. The maximum absolute atomic E-state index is 2.40. The van der Waals surface area contributed by atoms with E-state index in [4.69, 9.17) is 0 Å². The van der Waals surface area contributed by atoms with Gasteiger partial charge in [0.1, 0.15) is 0 Å². The third-order valence-corrected chi connectivity index (χ3v) is 3.79. The summed E-state index contributed by atoms with van der Waals surface area (Å²) in [6.07, 6.45) is 6.04. The van der Waals surface area contributed by atoms with Gasteiger partial charge in [-0.25, -0.2) is 0 Å². The fourth-order valence-electron chi connectivity index (χ4n) is 3.39. The summed E-state index contributed by atoms with van der Waals surface area (Å²) in [5.74, 6) is 3.10. The SMILES string of the molecule is CC1CC2=C1C1CCC2C1. The van der Waals surface area contributed by atoms with Gasteiger partial charge in [0.25, 0.3) is 0 Å². The van der Waals surface area contributed by atoms with Crippen LogP contribution in [-0.2, 0) is 0 Å². The number of hydrogen-bond acceptors (Lipinski definition) is 0. The lowest BCUT2D eigenvalue weighted by atomic mass is 9.71. The Hall–Kier alpha value is -0.260. The van der Waals surface area contributed by atoms with Crippen molar-refractivity contribution in [2.24, 2.45) is 17.8 Å². The summed E-state index contributed by atoms with van der Waals surface area (Å²) >= 11 is 0. The van der Waals surface area contributed by atoms with E-state index < -0.39 is 0 Å². The van der Waals surface area contributed by atoms with Crippen molar-refractivity contribution in [3.8, 4) is 0 Å². The Morgan fingerprint density at radius 1 is 1.20 bits per heavy atom. The van der Waals surface area contributed by atoms with E-state index in [9.17, 15) is 0 Å². The zero-order valence-electron chi connectivity index (χ0n) is 6.56. The van der Waals surface area contributed by atoms with Crippen LogP contribution in [0.4, 0.5) is 0 Å². The summed E-state index contributed by atoms with van der Waals surface area (Å²) in [7, 11) is 0. The third-order valence-electron chi connectivity index (χ3n) is 3.79. The van der Waals surface area contributed by atoms with Crippen molar-refractivity contribution < 1.29 is 0 Å². The Balaban J connectivity index is 2.06. The summed E-state index contributed by atoms with van der Waals surface area (Å²) in [4.78, 5) is 0. The van der Waals surface area contributed by atoms with E-state index in [0.717, 1.165) is 17.8 Å². The number of hydrogen-bond donors (Lipinski definition) is 0.